The van der Waals surface area contributed by atoms with Gasteiger partial charge in [-0.15, -0.1) is 0 Å². The number of anilines is 1. The number of primary amides is 1. The predicted molar refractivity (Wildman–Crippen MR) is 57.6 cm³/mol. The lowest BCUT2D eigenvalue weighted by molar-refractivity contribution is -0.114. The quantitative estimate of drug-likeness (QED) is 0.446. The first-order chi connectivity index (χ1) is 7.65. The summed E-state index contributed by atoms with van der Waals surface area (Å²) in [6.45, 7) is -0.330. The minimum absolute atomic E-state index is 0.205. The molecule has 0 aliphatic carbocycles. The van der Waals surface area contributed by atoms with Crippen molar-refractivity contribution in [3.8, 4) is 0 Å². The Morgan fingerprint density at radius 1 is 1.44 bits per heavy atom. The van der Waals surface area contributed by atoms with E-state index in [0.717, 1.165) is 0 Å². The van der Waals surface area contributed by atoms with E-state index in [4.69, 9.17) is 11.3 Å². The van der Waals surface area contributed by atoms with Crippen molar-refractivity contribution in [3.63, 3.8) is 0 Å². The number of para-hydroxylation sites is 1. The van der Waals surface area contributed by atoms with Gasteiger partial charge in [0.05, 0.1) is 11.3 Å². The molecule has 0 saturated carbocycles. The van der Waals surface area contributed by atoms with Crippen molar-refractivity contribution in [1.82, 2.24) is 0 Å². The second-order valence-corrected chi connectivity index (χ2v) is 2.85. The van der Waals surface area contributed by atoms with Gasteiger partial charge in [0.15, 0.2) is 0 Å². The summed E-state index contributed by atoms with van der Waals surface area (Å²) in [4.78, 5) is 24.7. The molecule has 3 N–H and O–H groups in total. The number of hydrogen-bond donors (Lipinski definition) is 2. The molecule has 82 valence electrons. The van der Waals surface area contributed by atoms with Crippen LogP contribution in [-0.2, 0) is 4.79 Å². The van der Waals surface area contributed by atoms with Gasteiger partial charge in [0, 0.05) is 4.91 Å². The van der Waals surface area contributed by atoms with Crippen molar-refractivity contribution in [2.75, 3.05) is 11.9 Å². The molecule has 0 atom stereocenters. The van der Waals surface area contributed by atoms with E-state index in [-0.39, 0.29) is 12.1 Å². The number of hydrogen-bond acceptors (Lipinski definition) is 3. The van der Waals surface area contributed by atoms with E-state index in [1.165, 1.54) is 12.1 Å². The van der Waals surface area contributed by atoms with Crippen LogP contribution in [0.1, 0.15) is 10.4 Å². The topological polar surface area (TPSA) is 121 Å². The van der Waals surface area contributed by atoms with Gasteiger partial charge in [0.2, 0.25) is 5.91 Å². The Labute approximate surface area is 90.9 Å². The second kappa shape index (κ2) is 5.38. The predicted octanol–water partition coefficient (Wildman–Crippen LogP) is 1.03. The van der Waals surface area contributed by atoms with Gasteiger partial charge >= 0.3 is 0 Å². The van der Waals surface area contributed by atoms with Crippen LogP contribution < -0.4 is 11.1 Å². The number of nitrogens with one attached hydrogen (secondary N) is 1. The number of nitrogens with zero attached hydrogens (tertiary/aromatic N) is 3. The van der Waals surface area contributed by atoms with Crippen molar-refractivity contribution in [2.24, 2.45) is 10.8 Å². The van der Waals surface area contributed by atoms with Crippen molar-refractivity contribution < 1.29 is 9.59 Å². The first-order valence-corrected chi connectivity index (χ1v) is 4.34. The SMILES string of the molecule is [N-]=[N+]=NCC(=O)Nc1ccccc1C(N)=O. The molecule has 0 unspecified atom stereocenters. The molecule has 7 heteroatoms. The number of azide groups is 1. The lowest BCUT2D eigenvalue weighted by atomic mass is 10.1. The molecule has 0 radical (unpaired) electrons. The van der Waals surface area contributed by atoms with Gasteiger partial charge in [0.25, 0.3) is 5.91 Å². The fraction of sp³-hybridized carbons (Fsp3) is 0.111. The van der Waals surface area contributed by atoms with Gasteiger partial charge in [-0.3, -0.25) is 9.59 Å². The smallest absolute Gasteiger partial charge is 0.250 e. The summed E-state index contributed by atoms with van der Waals surface area (Å²) >= 11 is 0. The number of carbonyl (C=O) groups is 2. The van der Waals surface area contributed by atoms with Crippen LogP contribution in [0, 0.1) is 0 Å². The highest BCUT2D eigenvalue weighted by Gasteiger charge is 2.09. The summed E-state index contributed by atoms with van der Waals surface area (Å²) in [5.41, 5.74) is 13.7. The van der Waals surface area contributed by atoms with Crippen LogP contribution in [-0.4, -0.2) is 18.4 Å². The first-order valence-electron chi connectivity index (χ1n) is 4.34. The van der Waals surface area contributed by atoms with Crippen molar-refractivity contribution in [2.45, 2.75) is 0 Å². The average molecular weight is 219 g/mol. The molecule has 1 aromatic rings. The Morgan fingerprint density at radius 2 is 2.12 bits per heavy atom. The Morgan fingerprint density at radius 3 is 2.75 bits per heavy atom. The first kappa shape index (κ1) is 11.5. The largest absolute Gasteiger partial charge is 0.366 e. The van der Waals surface area contributed by atoms with Crippen LogP contribution in [0.2, 0.25) is 0 Å². The molecule has 0 saturated heterocycles. The average Bonchev–Trinajstić information content (AvgIpc) is 2.27. The monoisotopic (exact) mass is 219 g/mol. The minimum Gasteiger partial charge on any atom is -0.366 e. The van der Waals surface area contributed by atoms with Gasteiger partial charge in [-0.05, 0) is 17.7 Å². The Hall–Kier alpha value is -2.53. The molecule has 0 aliphatic rings. The molecular formula is C9H9N5O2. The lowest BCUT2D eigenvalue weighted by Gasteiger charge is -2.06. The second-order valence-electron chi connectivity index (χ2n) is 2.85. The van der Waals surface area contributed by atoms with Crippen LogP contribution in [0.5, 0.6) is 0 Å². The van der Waals surface area contributed by atoms with E-state index in [0.29, 0.717) is 5.69 Å². The Balaban J connectivity index is 2.84. The summed E-state index contributed by atoms with van der Waals surface area (Å²) in [7, 11) is 0. The van der Waals surface area contributed by atoms with E-state index < -0.39 is 11.8 Å². The highest BCUT2D eigenvalue weighted by Crippen LogP contribution is 2.13. The maximum Gasteiger partial charge on any atom is 0.250 e. The number of benzene rings is 1. The zero-order valence-electron chi connectivity index (χ0n) is 8.25. The molecule has 0 spiro atoms. The number of amides is 2. The molecule has 0 aromatic heterocycles. The van der Waals surface area contributed by atoms with Crippen LogP contribution in [0.25, 0.3) is 10.4 Å². The van der Waals surface area contributed by atoms with E-state index in [1.807, 2.05) is 0 Å². The molecule has 7 nitrogen and oxygen atoms in total. The highest BCUT2D eigenvalue weighted by atomic mass is 16.2. The van der Waals surface area contributed by atoms with E-state index >= 15 is 0 Å². The summed E-state index contributed by atoms with van der Waals surface area (Å²) in [5.74, 6) is -1.15. The summed E-state index contributed by atoms with van der Waals surface area (Å²) in [6.07, 6.45) is 0. The standard InChI is InChI=1S/C9H9N5O2/c10-9(16)6-3-1-2-4-7(6)13-8(15)5-12-14-11/h1-4H,5H2,(H2,10,16)(H,13,15). The van der Waals surface area contributed by atoms with Gasteiger partial charge < -0.3 is 11.1 Å². The molecule has 1 aromatic carbocycles. The van der Waals surface area contributed by atoms with Crippen LogP contribution >= 0.6 is 0 Å². The van der Waals surface area contributed by atoms with E-state index in [2.05, 4.69) is 15.3 Å². The van der Waals surface area contributed by atoms with Crippen molar-refractivity contribution in [1.29, 1.82) is 0 Å². The summed E-state index contributed by atoms with van der Waals surface area (Å²) in [6, 6.07) is 6.30. The van der Waals surface area contributed by atoms with Gasteiger partial charge in [-0.2, -0.15) is 0 Å². The maximum atomic E-state index is 11.2. The Kier molecular flexibility index (Phi) is 3.88. The van der Waals surface area contributed by atoms with Gasteiger partial charge in [0.1, 0.15) is 6.54 Å². The highest BCUT2D eigenvalue weighted by molar-refractivity contribution is 6.03. The number of carbonyl (C=O) groups excluding carboxylic acids is 2. The molecule has 0 bridgehead atoms. The molecule has 0 aliphatic heterocycles. The summed E-state index contributed by atoms with van der Waals surface area (Å²) < 4.78 is 0. The van der Waals surface area contributed by atoms with Crippen LogP contribution in [0.15, 0.2) is 29.4 Å². The molecule has 2 amide bonds. The molecule has 0 heterocycles. The summed E-state index contributed by atoms with van der Waals surface area (Å²) in [5, 5.41) is 5.52. The normalized spacial score (nSPS) is 9.00. The number of rotatable bonds is 4. The minimum atomic E-state index is -0.639. The van der Waals surface area contributed by atoms with E-state index in [9.17, 15) is 9.59 Å². The Bertz CT molecular complexity index is 465. The number of nitrogens with two attached hydrogens (primary N) is 1. The zero-order chi connectivity index (χ0) is 12.0. The van der Waals surface area contributed by atoms with Crippen LogP contribution in [0.3, 0.4) is 0 Å². The molecule has 1 rings (SSSR count). The molecular weight excluding hydrogens is 210 g/mol. The van der Waals surface area contributed by atoms with Gasteiger partial charge in [-0.25, -0.2) is 0 Å². The van der Waals surface area contributed by atoms with Crippen LogP contribution in [0.4, 0.5) is 5.69 Å². The third-order valence-electron chi connectivity index (χ3n) is 1.74. The zero-order valence-corrected chi connectivity index (χ0v) is 8.25. The van der Waals surface area contributed by atoms with Crippen molar-refractivity contribution in [3.05, 3.63) is 40.3 Å². The maximum absolute atomic E-state index is 11.2. The molecule has 16 heavy (non-hydrogen) atoms. The fourth-order valence-electron chi connectivity index (χ4n) is 1.09. The van der Waals surface area contributed by atoms with E-state index in [1.54, 1.807) is 12.1 Å². The fourth-order valence-corrected chi connectivity index (χ4v) is 1.09. The third-order valence-corrected chi connectivity index (χ3v) is 1.74. The molecule has 0 fully saturated rings. The van der Waals surface area contributed by atoms with Crippen molar-refractivity contribution >= 4 is 17.5 Å². The lowest BCUT2D eigenvalue weighted by Crippen LogP contribution is -2.19. The van der Waals surface area contributed by atoms with Gasteiger partial charge in [-0.1, -0.05) is 17.2 Å². The third kappa shape index (κ3) is 3.00.